The number of hydrogen-bond acceptors (Lipinski definition) is 4. The zero-order valence-electron chi connectivity index (χ0n) is 15.9. The van der Waals surface area contributed by atoms with Crippen LogP contribution in [0.1, 0.15) is 64.1 Å². The lowest BCUT2D eigenvalue weighted by Gasteiger charge is -2.30. The van der Waals surface area contributed by atoms with Gasteiger partial charge in [0, 0.05) is 30.5 Å². The Morgan fingerprint density at radius 2 is 2.08 bits per heavy atom. The van der Waals surface area contributed by atoms with Crippen LogP contribution in [-0.4, -0.2) is 28.8 Å². The molecule has 2 saturated carbocycles. The van der Waals surface area contributed by atoms with E-state index in [1.54, 1.807) is 0 Å². The first-order valence-electron chi connectivity index (χ1n) is 9.40. The van der Waals surface area contributed by atoms with Crippen molar-refractivity contribution in [2.45, 2.75) is 84.0 Å². The molecule has 2 N–H and O–H groups in total. The van der Waals surface area contributed by atoms with Crippen molar-refractivity contribution in [2.24, 2.45) is 5.41 Å². The van der Waals surface area contributed by atoms with Crippen LogP contribution in [0.25, 0.3) is 0 Å². The molecular weight excluding hydrogens is 314 g/mol. The van der Waals surface area contributed by atoms with Gasteiger partial charge in [0.05, 0.1) is 0 Å². The Morgan fingerprint density at radius 3 is 2.72 bits per heavy atom. The van der Waals surface area contributed by atoms with Crippen molar-refractivity contribution >= 4 is 6.09 Å². The lowest BCUT2D eigenvalue weighted by molar-refractivity contribution is 0.0512. The summed E-state index contributed by atoms with van der Waals surface area (Å²) in [6.45, 7) is 8.63. The fraction of sp³-hybridized carbons (Fsp3) is 0.700. The predicted molar refractivity (Wildman–Crippen MR) is 98.3 cm³/mol. The average Bonchev–Trinajstić information content (AvgIpc) is 3.16. The Labute approximate surface area is 150 Å². The molecule has 0 radical (unpaired) electrons. The van der Waals surface area contributed by atoms with Crippen LogP contribution in [0.4, 0.5) is 4.79 Å². The molecule has 5 heteroatoms. The van der Waals surface area contributed by atoms with Gasteiger partial charge < -0.3 is 15.4 Å². The Morgan fingerprint density at radius 1 is 1.36 bits per heavy atom. The number of hydrogen-bond donors (Lipinski definition) is 2. The number of aryl methyl sites for hydroxylation is 1. The van der Waals surface area contributed by atoms with Crippen LogP contribution in [0, 0.1) is 12.3 Å². The van der Waals surface area contributed by atoms with E-state index in [0.717, 1.165) is 18.7 Å². The highest BCUT2D eigenvalue weighted by Crippen LogP contribution is 2.56. The maximum absolute atomic E-state index is 11.9. The smallest absolute Gasteiger partial charge is 0.407 e. The number of nitrogens with one attached hydrogen (secondary N) is 2. The lowest BCUT2D eigenvalue weighted by Crippen LogP contribution is -2.38. The van der Waals surface area contributed by atoms with Gasteiger partial charge in [-0.15, -0.1) is 0 Å². The van der Waals surface area contributed by atoms with Crippen LogP contribution in [0.3, 0.4) is 0 Å². The number of ether oxygens (including phenoxy) is 1. The van der Waals surface area contributed by atoms with Crippen molar-refractivity contribution in [2.75, 3.05) is 0 Å². The van der Waals surface area contributed by atoms with Crippen molar-refractivity contribution in [3.8, 4) is 0 Å². The molecule has 0 aromatic carbocycles. The van der Waals surface area contributed by atoms with E-state index in [-0.39, 0.29) is 6.09 Å². The summed E-state index contributed by atoms with van der Waals surface area (Å²) in [6.07, 6.45) is 7.42. The van der Waals surface area contributed by atoms with Gasteiger partial charge in [0.2, 0.25) is 0 Å². The molecule has 3 rings (SSSR count). The second kappa shape index (κ2) is 6.94. The van der Waals surface area contributed by atoms with Crippen LogP contribution in [0.5, 0.6) is 0 Å². The maximum Gasteiger partial charge on any atom is 0.407 e. The SMILES string of the molecule is Cc1cc(CNC2CCC3(CC2)CC3NC(=O)OC(C)(C)C)ccn1. The lowest BCUT2D eigenvalue weighted by atomic mass is 9.82. The Kier molecular flexibility index (Phi) is 5.05. The summed E-state index contributed by atoms with van der Waals surface area (Å²) in [5, 5.41) is 6.74. The number of amides is 1. The van der Waals surface area contributed by atoms with Crippen molar-refractivity contribution in [3.05, 3.63) is 29.6 Å². The maximum atomic E-state index is 11.9. The number of pyridine rings is 1. The van der Waals surface area contributed by atoms with Gasteiger partial charge in [-0.3, -0.25) is 4.98 Å². The van der Waals surface area contributed by atoms with E-state index in [0.29, 0.717) is 17.5 Å². The first kappa shape index (κ1) is 18.2. The average molecular weight is 345 g/mol. The Hall–Kier alpha value is -1.62. The minimum atomic E-state index is -0.432. The monoisotopic (exact) mass is 345 g/mol. The van der Waals surface area contributed by atoms with Crippen LogP contribution >= 0.6 is 0 Å². The molecular formula is C20H31N3O2. The van der Waals surface area contributed by atoms with Gasteiger partial charge in [-0.1, -0.05) is 0 Å². The minimum Gasteiger partial charge on any atom is -0.444 e. The second-order valence-electron chi connectivity index (χ2n) is 8.73. The van der Waals surface area contributed by atoms with E-state index in [9.17, 15) is 4.79 Å². The number of aromatic nitrogens is 1. The number of rotatable bonds is 4. The van der Waals surface area contributed by atoms with Gasteiger partial charge in [-0.05, 0) is 82.9 Å². The number of carbonyl (C=O) groups is 1. The van der Waals surface area contributed by atoms with Crippen molar-refractivity contribution in [1.82, 2.24) is 15.6 Å². The van der Waals surface area contributed by atoms with E-state index in [4.69, 9.17) is 4.74 Å². The number of carbonyl (C=O) groups excluding carboxylic acids is 1. The molecule has 0 bridgehead atoms. The van der Waals surface area contributed by atoms with E-state index in [1.807, 2.05) is 33.9 Å². The van der Waals surface area contributed by atoms with Crippen molar-refractivity contribution < 1.29 is 9.53 Å². The summed E-state index contributed by atoms with van der Waals surface area (Å²) in [5.41, 5.74) is 2.25. The molecule has 1 unspecified atom stereocenters. The molecule has 1 heterocycles. The third-order valence-electron chi connectivity index (χ3n) is 5.42. The molecule has 1 amide bonds. The first-order valence-corrected chi connectivity index (χ1v) is 9.40. The van der Waals surface area contributed by atoms with E-state index < -0.39 is 5.60 Å². The number of alkyl carbamates (subject to hydrolysis) is 1. The Balaban J connectivity index is 1.40. The third kappa shape index (κ3) is 4.94. The molecule has 1 spiro atoms. The highest BCUT2D eigenvalue weighted by Gasteiger charge is 2.55. The standard InChI is InChI=1S/C20H31N3O2/c1-14-11-15(7-10-21-14)13-22-16-5-8-20(9-6-16)12-17(20)23-18(24)25-19(2,3)4/h7,10-11,16-17,22H,5-6,8-9,12-13H2,1-4H3,(H,23,24). The molecule has 25 heavy (non-hydrogen) atoms. The Bertz CT molecular complexity index is 616. The van der Waals surface area contributed by atoms with Crippen LogP contribution in [0.2, 0.25) is 0 Å². The summed E-state index contributed by atoms with van der Waals surface area (Å²) in [7, 11) is 0. The predicted octanol–water partition coefficient (Wildman–Crippen LogP) is 3.71. The first-order chi connectivity index (χ1) is 11.8. The zero-order valence-corrected chi connectivity index (χ0v) is 15.9. The van der Waals surface area contributed by atoms with Gasteiger partial charge >= 0.3 is 6.09 Å². The van der Waals surface area contributed by atoms with Crippen LogP contribution in [0.15, 0.2) is 18.3 Å². The van der Waals surface area contributed by atoms with Gasteiger partial charge in [0.15, 0.2) is 0 Å². The molecule has 2 aliphatic carbocycles. The summed E-state index contributed by atoms with van der Waals surface area (Å²) in [5.74, 6) is 0. The molecule has 1 aromatic heterocycles. The van der Waals surface area contributed by atoms with E-state index in [1.165, 1.54) is 31.2 Å². The van der Waals surface area contributed by atoms with Crippen LogP contribution < -0.4 is 10.6 Å². The van der Waals surface area contributed by atoms with Crippen molar-refractivity contribution in [3.63, 3.8) is 0 Å². The van der Waals surface area contributed by atoms with Gasteiger partial charge in [0.25, 0.3) is 0 Å². The fourth-order valence-corrected chi connectivity index (χ4v) is 3.93. The normalized spacial score (nSPS) is 28.6. The molecule has 1 aromatic rings. The largest absolute Gasteiger partial charge is 0.444 e. The highest BCUT2D eigenvalue weighted by atomic mass is 16.6. The molecule has 5 nitrogen and oxygen atoms in total. The summed E-state index contributed by atoms with van der Waals surface area (Å²) >= 11 is 0. The minimum absolute atomic E-state index is 0.275. The van der Waals surface area contributed by atoms with E-state index >= 15 is 0 Å². The summed E-state index contributed by atoms with van der Waals surface area (Å²) in [4.78, 5) is 16.2. The fourth-order valence-electron chi connectivity index (χ4n) is 3.93. The van der Waals surface area contributed by atoms with Crippen molar-refractivity contribution in [1.29, 1.82) is 0 Å². The number of nitrogens with zero attached hydrogens (tertiary/aromatic N) is 1. The quantitative estimate of drug-likeness (QED) is 0.873. The molecule has 138 valence electrons. The van der Waals surface area contributed by atoms with E-state index in [2.05, 4.69) is 27.8 Å². The highest BCUT2D eigenvalue weighted by molar-refractivity contribution is 5.68. The van der Waals surface area contributed by atoms with Gasteiger partial charge in [-0.25, -0.2) is 4.79 Å². The van der Waals surface area contributed by atoms with Gasteiger partial charge in [-0.2, -0.15) is 0 Å². The molecule has 2 aliphatic rings. The second-order valence-corrected chi connectivity index (χ2v) is 8.73. The molecule has 1 atom stereocenters. The zero-order chi connectivity index (χ0) is 18.1. The molecule has 2 fully saturated rings. The molecule has 0 saturated heterocycles. The summed E-state index contributed by atoms with van der Waals surface area (Å²) < 4.78 is 5.37. The topological polar surface area (TPSA) is 63.2 Å². The van der Waals surface area contributed by atoms with Crippen LogP contribution in [-0.2, 0) is 11.3 Å². The summed E-state index contributed by atoms with van der Waals surface area (Å²) in [6, 6.07) is 5.08. The third-order valence-corrected chi connectivity index (χ3v) is 5.42. The van der Waals surface area contributed by atoms with Gasteiger partial charge in [0.1, 0.15) is 5.60 Å². The molecule has 0 aliphatic heterocycles.